The van der Waals surface area contributed by atoms with Crippen LogP contribution in [-0.4, -0.2) is 17.6 Å². The third kappa shape index (κ3) is 4.87. The smallest absolute Gasteiger partial charge is 0.0601 e. The van der Waals surface area contributed by atoms with Crippen LogP contribution in [-0.2, 0) is 13.1 Å². The van der Waals surface area contributed by atoms with Crippen LogP contribution < -0.4 is 10.2 Å². The summed E-state index contributed by atoms with van der Waals surface area (Å²) in [7, 11) is 0. The molecule has 0 unspecified atom stereocenters. The molecule has 0 fully saturated rings. The van der Waals surface area contributed by atoms with Crippen LogP contribution in [0.3, 0.4) is 0 Å². The van der Waals surface area contributed by atoms with E-state index < -0.39 is 0 Å². The van der Waals surface area contributed by atoms with Gasteiger partial charge in [0.1, 0.15) is 0 Å². The lowest BCUT2D eigenvalue weighted by Gasteiger charge is -2.23. The van der Waals surface area contributed by atoms with Crippen LogP contribution in [0.2, 0.25) is 0 Å². The Morgan fingerprint density at radius 3 is 2.43 bits per heavy atom. The van der Waals surface area contributed by atoms with Gasteiger partial charge in [-0.15, -0.1) is 0 Å². The summed E-state index contributed by atoms with van der Waals surface area (Å²) in [5, 5.41) is 3.44. The Morgan fingerprint density at radius 2 is 1.86 bits per heavy atom. The Kier molecular flexibility index (Phi) is 5.76. The van der Waals surface area contributed by atoms with E-state index in [-0.39, 0.29) is 0 Å². The van der Waals surface area contributed by atoms with Crippen LogP contribution in [0, 0.1) is 0 Å². The highest BCUT2D eigenvalue weighted by Gasteiger charge is 2.06. The summed E-state index contributed by atoms with van der Waals surface area (Å²) in [6, 6.07) is 15.4. The molecule has 2 aromatic rings. The Morgan fingerprint density at radius 1 is 1.10 bits per heavy atom. The van der Waals surface area contributed by atoms with E-state index in [4.69, 9.17) is 0 Å². The molecular weight excluding hydrogens is 258 g/mol. The van der Waals surface area contributed by atoms with Crippen molar-refractivity contribution in [2.45, 2.75) is 39.9 Å². The lowest BCUT2D eigenvalue weighted by atomic mass is 10.1. The van der Waals surface area contributed by atoms with E-state index in [0.717, 1.165) is 25.3 Å². The largest absolute Gasteiger partial charge is 0.366 e. The van der Waals surface area contributed by atoms with Crippen LogP contribution in [0.25, 0.3) is 0 Å². The minimum atomic E-state index is 0.515. The average Bonchev–Trinajstić information content (AvgIpc) is 2.52. The number of anilines is 1. The number of rotatable bonds is 7. The molecule has 1 aromatic carbocycles. The Balaban J connectivity index is 2.01. The lowest BCUT2D eigenvalue weighted by Crippen LogP contribution is -2.23. The van der Waals surface area contributed by atoms with E-state index in [2.05, 4.69) is 66.3 Å². The zero-order valence-electron chi connectivity index (χ0n) is 13.2. The molecule has 112 valence electrons. The molecule has 0 saturated heterocycles. The Hall–Kier alpha value is -1.87. The first kappa shape index (κ1) is 15.5. The van der Waals surface area contributed by atoms with Crippen LogP contribution in [0.4, 0.5) is 5.69 Å². The zero-order valence-corrected chi connectivity index (χ0v) is 13.2. The van der Waals surface area contributed by atoms with Crippen LogP contribution in [0.15, 0.2) is 48.7 Å². The summed E-state index contributed by atoms with van der Waals surface area (Å²) in [6.07, 6.45) is 1.85. The summed E-state index contributed by atoms with van der Waals surface area (Å²) in [5.74, 6) is 0. The SMILES string of the molecule is CCN(Cc1ccccn1)c1ccc(CNC(C)C)cc1. The van der Waals surface area contributed by atoms with Gasteiger partial charge >= 0.3 is 0 Å². The van der Waals surface area contributed by atoms with E-state index in [1.54, 1.807) is 0 Å². The van der Waals surface area contributed by atoms with Gasteiger partial charge in [0.15, 0.2) is 0 Å². The van der Waals surface area contributed by atoms with Crippen molar-refractivity contribution in [1.29, 1.82) is 0 Å². The van der Waals surface area contributed by atoms with Gasteiger partial charge in [-0.3, -0.25) is 4.98 Å². The molecule has 0 radical (unpaired) electrons. The number of pyridine rings is 1. The summed E-state index contributed by atoms with van der Waals surface area (Å²) in [5.41, 5.74) is 3.67. The second-order valence-electron chi connectivity index (χ2n) is 5.54. The third-order valence-electron chi connectivity index (χ3n) is 3.48. The molecule has 2 rings (SSSR count). The molecule has 21 heavy (non-hydrogen) atoms. The minimum Gasteiger partial charge on any atom is -0.366 e. The first-order chi connectivity index (χ1) is 10.2. The lowest BCUT2D eigenvalue weighted by molar-refractivity contribution is 0.589. The number of hydrogen-bond acceptors (Lipinski definition) is 3. The first-order valence-corrected chi connectivity index (χ1v) is 7.66. The molecule has 0 bridgehead atoms. The van der Waals surface area contributed by atoms with Gasteiger partial charge in [0.05, 0.1) is 12.2 Å². The van der Waals surface area contributed by atoms with E-state index in [1.807, 2.05) is 18.3 Å². The van der Waals surface area contributed by atoms with Crippen molar-refractivity contribution in [3.05, 3.63) is 59.9 Å². The van der Waals surface area contributed by atoms with Gasteiger partial charge in [0.25, 0.3) is 0 Å². The van der Waals surface area contributed by atoms with Crippen LogP contribution in [0.1, 0.15) is 32.0 Å². The van der Waals surface area contributed by atoms with Gasteiger partial charge in [-0.25, -0.2) is 0 Å². The number of aromatic nitrogens is 1. The fraction of sp³-hybridized carbons (Fsp3) is 0.389. The number of benzene rings is 1. The van der Waals surface area contributed by atoms with Crippen molar-refractivity contribution in [1.82, 2.24) is 10.3 Å². The first-order valence-electron chi connectivity index (χ1n) is 7.66. The molecule has 0 aliphatic rings. The van der Waals surface area contributed by atoms with Gasteiger partial charge in [0.2, 0.25) is 0 Å². The molecule has 1 heterocycles. The Labute approximate surface area is 128 Å². The second-order valence-corrected chi connectivity index (χ2v) is 5.54. The number of nitrogens with one attached hydrogen (secondary N) is 1. The zero-order chi connectivity index (χ0) is 15.1. The monoisotopic (exact) mass is 283 g/mol. The highest BCUT2D eigenvalue weighted by Crippen LogP contribution is 2.17. The molecule has 0 amide bonds. The van der Waals surface area contributed by atoms with E-state index in [0.29, 0.717) is 6.04 Å². The molecule has 0 saturated carbocycles. The van der Waals surface area contributed by atoms with E-state index in [9.17, 15) is 0 Å². The van der Waals surface area contributed by atoms with Crippen LogP contribution in [0.5, 0.6) is 0 Å². The van der Waals surface area contributed by atoms with Gasteiger partial charge in [-0.2, -0.15) is 0 Å². The third-order valence-corrected chi connectivity index (χ3v) is 3.48. The van der Waals surface area contributed by atoms with Crippen LogP contribution >= 0.6 is 0 Å². The average molecular weight is 283 g/mol. The molecule has 0 spiro atoms. The molecule has 3 heteroatoms. The predicted octanol–water partition coefficient (Wildman–Crippen LogP) is 3.61. The summed E-state index contributed by atoms with van der Waals surface area (Å²) in [6.45, 7) is 9.25. The van der Waals surface area contributed by atoms with Gasteiger partial charge in [-0.1, -0.05) is 32.0 Å². The van der Waals surface area contributed by atoms with Gasteiger partial charge in [-0.05, 0) is 36.8 Å². The maximum Gasteiger partial charge on any atom is 0.0601 e. The molecule has 3 nitrogen and oxygen atoms in total. The summed E-state index contributed by atoms with van der Waals surface area (Å²) in [4.78, 5) is 6.74. The van der Waals surface area contributed by atoms with Crippen molar-refractivity contribution in [2.75, 3.05) is 11.4 Å². The van der Waals surface area contributed by atoms with Crippen molar-refractivity contribution in [3.8, 4) is 0 Å². The fourth-order valence-corrected chi connectivity index (χ4v) is 2.22. The molecular formula is C18H25N3. The quantitative estimate of drug-likeness (QED) is 0.841. The standard InChI is InChI=1S/C18H25N3/c1-4-21(14-17-7-5-6-12-19-17)18-10-8-16(9-11-18)13-20-15(2)3/h5-12,15,20H,4,13-14H2,1-3H3. The number of hydrogen-bond donors (Lipinski definition) is 1. The minimum absolute atomic E-state index is 0.515. The highest BCUT2D eigenvalue weighted by molar-refractivity contribution is 5.47. The van der Waals surface area contributed by atoms with Crippen molar-refractivity contribution < 1.29 is 0 Å². The molecule has 1 aromatic heterocycles. The molecule has 0 atom stereocenters. The maximum atomic E-state index is 4.41. The summed E-state index contributed by atoms with van der Waals surface area (Å²) < 4.78 is 0. The van der Waals surface area contributed by atoms with Gasteiger partial charge < -0.3 is 10.2 Å². The Bertz CT molecular complexity index is 520. The molecule has 0 aliphatic heterocycles. The highest BCUT2D eigenvalue weighted by atomic mass is 15.1. The fourth-order valence-electron chi connectivity index (χ4n) is 2.22. The van der Waals surface area contributed by atoms with E-state index in [1.165, 1.54) is 11.3 Å². The summed E-state index contributed by atoms with van der Waals surface area (Å²) >= 11 is 0. The molecule has 1 N–H and O–H groups in total. The molecule has 0 aliphatic carbocycles. The van der Waals surface area contributed by atoms with Gasteiger partial charge in [0, 0.05) is 31.0 Å². The normalized spacial score (nSPS) is 10.9. The van der Waals surface area contributed by atoms with Crippen molar-refractivity contribution in [3.63, 3.8) is 0 Å². The van der Waals surface area contributed by atoms with Crippen molar-refractivity contribution in [2.24, 2.45) is 0 Å². The van der Waals surface area contributed by atoms with E-state index >= 15 is 0 Å². The number of nitrogens with zero attached hydrogens (tertiary/aromatic N) is 2. The maximum absolute atomic E-state index is 4.41. The second kappa shape index (κ2) is 7.79. The van der Waals surface area contributed by atoms with Crippen molar-refractivity contribution >= 4 is 5.69 Å². The topological polar surface area (TPSA) is 28.2 Å². The predicted molar refractivity (Wildman–Crippen MR) is 89.4 cm³/mol.